The van der Waals surface area contributed by atoms with Gasteiger partial charge in [0.2, 0.25) is 0 Å². The van der Waals surface area contributed by atoms with E-state index in [2.05, 4.69) is 12.2 Å². The fraction of sp³-hybridized carbons (Fsp3) is 0.316. The molecule has 1 heterocycles. The number of ether oxygens (including phenoxy) is 1. The smallest absolute Gasteiger partial charge is 0.326 e. The first-order valence-electron chi connectivity index (χ1n) is 8.10. The van der Waals surface area contributed by atoms with Crippen LogP contribution < -0.4 is 15.0 Å². The van der Waals surface area contributed by atoms with Crippen molar-refractivity contribution >= 4 is 29.2 Å². The number of anilines is 2. The minimum atomic E-state index is -0.123. The lowest BCUT2D eigenvalue weighted by atomic mass is 10.1. The highest BCUT2D eigenvalue weighted by Gasteiger charge is 2.29. The summed E-state index contributed by atoms with van der Waals surface area (Å²) >= 11 is 1.66. The first-order valence-corrected chi connectivity index (χ1v) is 9.33. The number of hydrogen-bond donors (Lipinski definition) is 1. The maximum absolute atomic E-state index is 12.9. The standard InChI is InChI=1S/C19H22N2O2S/c1-4-15-12-21(17-10-13(2)8-9-18(17)23-15)19(22)20-14-6-5-7-16(11-14)24-3/h5-11,15H,4,12H2,1-3H3,(H,20,22). The number of hydrogen-bond acceptors (Lipinski definition) is 3. The average Bonchev–Trinajstić information content (AvgIpc) is 2.60. The molecule has 4 nitrogen and oxygen atoms in total. The normalized spacial score (nSPS) is 16.3. The Morgan fingerprint density at radius 2 is 2.17 bits per heavy atom. The molecule has 2 aromatic rings. The van der Waals surface area contributed by atoms with Crippen molar-refractivity contribution in [2.45, 2.75) is 31.3 Å². The van der Waals surface area contributed by atoms with Gasteiger partial charge in [-0.3, -0.25) is 4.90 Å². The Morgan fingerprint density at radius 1 is 1.33 bits per heavy atom. The highest BCUT2D eigenvalue weighted by Crippen LogP contribution is 2.35. The van der Waals surface area contributed by atoms with Crippen molar-refractivity contribution in [1.82, 2.24) is 0 Å². The lowest BCUT2D eigenvalue weighted by Gasteiger charge is -2.34. The van der Waals surface area contributed by atoms with Gasteiger partial charge in [-0.1, -0.05) is 19.1 Å². The van der Waals surface area contributed by atoms with Gasteiger partial charge in [-0.2, -0.15) is 0 Å². The molecular weight excluding hydrogens is 320 g/mol. The molecule has 1 unspecified atom stereocenters. The lowest BCUT2D eigenvalue weighted by molar-refractivity contribution is 0.188. The van der Waals surface area contributed by atoms with Gasteiger partial charge >= 0.3 is 6.03 Å². The molecule has 0 radical (unpaired) electrons. The van der Waals surface area contributed by atoms with Crippen molar-refractivity contribution in [3.8, 4) is 5.75 Å². The minimum Gasteiger partial charge on any atom is -0.486 e. The zero-order valence-electron chi connectivity index (χ0n) is 14.2. The summed E-state index contributed by atoms with van der Waals surface area (Å²) in [6.07, 6.45) is 2.90. The van der Waals surface area contributed by atoms with E-state index in [4.69, 9.17) is 4.74 Å². The second-order valence-corrected chi connectivity index (χ2v) is 6.77. The largest absolute Gasteiger partial charge is 0.486 e. The Labute approximate surface area is 147 Å². The van der Waals surface area contributed by atoms with Crippen LogP contribution in [-0.2, 0) is 0 Å². The number of thioether (sulfide) groups is 1. The van der Waals surface area contributed by atoms with E-state index in [1.54, 1.807) is 16.7 Å². The molecule has 1 atom stereocenters. The molecule has 0 fully saturated rings. The molecule has 5 heteroatoms. The summed E-state index contributed by atoms with van der Waals surface area (Å²) in [6.45, 7) is 4.65. The first kappa shape index (κ1) is 16.7. The molecule has 0 saturated carbocycles. The van der Waals surface area contributed by atoms with Gasteiger partial charge in [0, 0.05) is 10.6 Å². The number of nitrogens with one attached hydrogen (secondary N) is 1. The van der Waals surface area contributed by atoms with Crippen LogP contribution in [0.2, 0.25) is 0 Å². The molecule has 126 valence electrons. The van der Waals surface area contributed by atoms with E-state index in [-0.39, 0.29) is 12.1 Å². The maximum Gasteiger partial charge on any atom is 0.326 e. The summed E-state index contributed by atoms with van der Waals surface area (Å²) in [7, 11) is 0. The molecular formula is C19H22N2O2S. The van der Waals surface area contributed by atoms with Crippen molar-refractivity contribution in [1.29, 1.82) is 0 Å². The molecule has 2 aromatic carbocycles. The van der Waals surface area contributed by atoms with Crippen molar-refractivity contribution in [2.75, 3.05) is 23.0 Å². The summed E-state index contributed by atoms with van der Waals surface area (Å²) in [4.78, 5) is 15.8. The fourth-order valence-corrected chi connectivity index (χ4v) is 3.21. The van der Waals surface area contributed by atoms with Crippen molar-refractivity contribution < 1.29 is 9.53 Å². The Morgan fingerprint density at radius 3 is 2.92 bits per heavy atom. The van der Waals surface area contributed by atoms with Gasteiger partial charge in [0.05, 0.1) is 12.2 Å². The Balaban J connectivity index is 1.87. The summed E-state index contributed by atoms with van der Waals surface area (Å²) in [5, 5.41) is 3.01. The molecule has 0 saturated heterocycles. The maximum atomic E-state index is 12.9. The van der Waals surface area contributed by atoms with Crippen LogP contribution in [0.25, 0.3) is 0 Å². The molecule has 1 N–H and O–H groups in total. The van der Waals surface area contributed by atoms with Gasteiger partial charge in [0.25, 0.3) is 0 Å². The van der Waals surface area contributed by atoms with Crippen LogP contribution in [0.15, 0.2) is 47.4 Å². The summed E-state index contributed by atoms with van der Waals surface area (Å²) < 4.78 is 5.98. The summed E-state index contributed by atoms with van der Waals surface area (Å²) in [6, 6.07) is 13.7. The predicted octanol–water partition coefficient (Wildman–Crippen LogP) is 4.93. The van der Waals surface area contributed by atoms with Gasteiger partial charge < -0.3 is 10.1 Å². The van der Waals surface area contributed by atoms with Crippen molar-refractivity contribution in [2.24, 2.45) is 0 Å². The van der Waals surface area contributed by atoms with Crippen LogP contribution in [0, 0.1) is 6.92 Å². The number of rotatable bonds is 3. The van der Waals surface area contributed by atoms with Crippen LogP contribution in [0.3, 0.4) is 0 Å². The quantitative estimate of drug-likeness (QED) is 0.805. The van der Waals surface area contributed by atoms with E-state index >= 15 is 0 Å². The van der Waals surface area contributed by atoms with E-state index in [0.29, 0.717) is 6.54 Å². The van der Waals surface area contributed by atoms with Crippen LogP contribution in [0.4, 0.5) is 16.2 Å². The SMILES string of the molecule is CCC1CN(C(=O)Nc2cccc(SC)c2)c2cc(C)ccc2O1. The number of amides is 2. The van der Waals surface area contributed by atoms with Crippen molar-refractivity contribution in [3.05, 3.63) is 48.0 Å². The van der Waals surface area contributed by atoms with Gasteiger partial charge in [0.15, 0.2) is 0 Å². The van der Waals surface area contributed by atoms with Gasteiger partial charge in [-0.05, 0) is 55.5 Å². The zero-order valence-corrected chi connectivity index (χ0v) is 15.0. The molecule has 24 heavy (non-hydrogen) atoms. The van der Waals surface area contributed by atoms with E-state index in [0.717, 1.165) is 34.0 Å². The zero-order chi connectivity index (χ0) is 17.1. The van der Waals surface area contributed by atoms with Crippen LogP contribution in [0.1, 0.15) is 18.9 Å². The monoisotopic (exact) mass is 342 g/mol. The fourth-order valence-electron chi connectivity index (χ4n) is 2.75. The molecule has 0 aliphatic carbocycles. The van der Waals surface area contributed by atoms with E-state index in [9.17, 15) is 4.79 Å². The number of benzene rings is 2. The molecule has 1 aliphatic heterocycles. The second-order valence-electron chi connectivity index (χ2n) is 5.89. The molecule has 3 rings (SSSR count). The number of carbonyl (C=O) groups is 1. The number of urea groups is 1. The Hall–Kier alpha value is -2.14. The summed E-state index contributed by atoms with van der Waals surface area (Å²) in [5.41, 5.74) is 2.74. The lowest BCUT2D eigenvalue weighted by Crippen LogP contribution is -2.45. The third kappa shape index (κ3) is 3.51. The van der Waals surface area contributed by atoms with Crippen molar-refractivity contribution in [3.63, 3.8) is 0 Å². The number of aryl methyl sites for hydroxylation is 1. The van der Waals surface area contributed by atoms with E-state index < -0.39 is 0 Å². The van der Waals surface area contributed by atoms with Gasteiger partial charge in [-0.25, -0.2) is 4.79 Å². The minimum absolute atomic E-state index is 0.0171. The molecule has 0 aromatic heterocycles. The predicted molar refractivity (Wildman–Crippen MR) is 100 cm³/mol. The molecule has 0 bridgehead atoms. The average molecular weight is 342 g/mol. The van der Waals surface area contributed by atoms with Crippen LogP contribution in [-0.4, -0.2) is 24.9 Å². The highest BCUT2D eigenvalue weighted by atomic mass is 32.2. The Kier molecular flexibility index (Phi) is 5.00. The number of nitrogens with zero attached hydrogens (tertiary/aromatic N) is 1. The van der Waals surface area contributed by atoms with Crippen LogP contribution >= 0.6 is 11.8 Å². The number of fused-ring (bicyclic) bond motifs is 1. The third-order valence-electron chi connectivity index (χ3n) is 4.11. The van der Waals surface area contributed by atoms with E-state index in [1.807, 2.05) is 55.6 Å². The first-order chi connectivity index (χ1) is 11.6. The molecule has 2 amide bonds. The highest BCUT2D eigenvalue weighted by molar-refractivity contribution is 7.98. The van der Waals surface area contributed by atoms with Gasteiger partial charge in [-0.15, -0.1) is 11.8 Å². The third-order valence-corrected chi connectivity index (χ3v) is 4.83. The molecule has 1 aliphatic rings. The second kappa shape index (κ2) is 7.18. The topological polar surface area (TPSA) is 41.6 Å². The van der Waals surface area contributed by atoms with Gasteiger partial charge in [0.1, 0.15) is 11.9 Å². The summed E-state index contributed by atoms with van der Waals surface area (Å²) in [5.74, 6) is 0.770. The van der Waals surface area contributed by atoms with E-state index in [1.165, 1.54) is 0 Å². The number of carbonyl (C=O) groups excluding carboxylic acids is 1. The van der Waals surface area contributed by atoms with Crippen LogP contribution in [0.5, 0.6) is 5.75 Å². The molecule has 0 spiro atoms. The Bertz CT molecular complexity index is 748.